The zero-order chi connectivity index (χ0) is 19.8. The van der Waals surface area contributed by atoms with E-state index in [9.17, 15) is 4.21 Å². The van der Waals surface area contributed by atoms with Gasteiger partial charge in [-0.2, -0.15) is 4.98 Å². The van der Waals surface area contributed by atoms with E-state index in [1.54, 1.807) is 29.5 Å². The van der Waals surface area contributed by atoms with Gasteiger partial charge >= 0.3 is 0 Å². The van der Waals surface area contributed by atoms with Crippen LogP contribution < -0.4 is 4.90 Å². The maximum atomic E-state index is 12.5. The molecule has 5 rings (SSSR count). The molecular formula is C20H17N7OS. The summed E-state index contributed by atoms with van der Waals surface area (Å²) >= 11 is 0. The molecule has 9 heteroatoms. The zero-order valence-corrected chi connectivity index (χ0v) is 16.3. The number of imidazole rings is 1. The minimum absolute atomic E-state index is 0.588. The molecule has 0 saturated carbocycles. The van der Waals surface area contributed by atoms with Gasteiger partial charge in [0.2, 0.25) is 5.95 Å². The van der Waals surface area contributed by atoms with Crippen LogP contribution in [0.4, 0.5) is 5.95 Å². The van der Waals surface area contributed by atoms with Crippen molar-refractivity contribution in [2.24, 2.45) is 0 Å². The van der Waals surface area contributed by atoms with Crippen molar-refractivity contribution in [1.29, 1.82) is 0 Å². The van der Waals surface area contributed by atoms with Gasteiger partial charge in [0.25, 0.3) is 0 Å². The molecule has 1 atom stereocenters. The van der Waals surface area contributed by atoms with Gasteiger partial charge in [-0.3, -0.25) is 8.78 Å². The lowest BCUT2D eigenvalue weighted by Gasteiger charge is -2.26. The number of hydrogen-bond donors (Lipinski definition) is 0. The predicted octanol–water partition coefficient (Wildman–Crippen LogP) is 1.39. The van der Waals surface area contributed by atoms with E-state index in [0.717, 1.165) is 29.1 Å². The van der Waals surface area contributed by atoms with Gasteiger partial charge in [-0.25, -0.2) is 19.9 Å². The van der Waals surface area contributed by atoms with Crippen molar-refractivity contribution >= 4 is 22.3 Å². The van der Waals surface area contributed by atoms with E-state index in [-0.39, 0.29) is 0 Å². The Balaban J connectivity index is 1.45. The lowest BCUT2D eigenvalue weighted by Crippen LogP contribution is -2.31. The van der Waals surface area contributed by atoms with Crippen LogP contribution in [0.1, 0.15) is 23.5 Å². The average Bonchev–Trinajstić information content (AvgIpc) is 3.44. The summed E-state index contributed by atoms with van der Waals surface area (Å²) in [5.74, 6) is 5.12. The van der Waals surface area contributed by atoms with Crippen LogP contribution in [0, 0.1) is 12.3 Å². The van der Waals surface area contributed by atoms with Crippen LogP contribution in [0.3, 0.4) is 0 Å². The second kappa shape index (κ2) is 7.22. The van der Waals surface area contributed by atoms with Gasteiger partial charge in [-0.15, -0.1) is 6.42 Å². The Bertz CT molecular complexity index is 1160. The maximum Gasteiger partial charge on any atom is 0.227 e. The van der Waals surface area contributed by atoms with Crippen LogP contribution >= 0.6 is 0 Å². The van der Waals surface area contributed by atoms with Crippen molar-refractivity contribution in [3.05, 3.63) is 54.3 Å². The van der Waals surface area contributed by atoms with Crippen LogP contribution in [0.15, 0.2) is 42.1 Å². The first kappa shape index (κ1) is 17.7. The first-order chi connectivity index (χ1) is 14.2. The van der Waals surface area contributed by atoms with Crippen LogP contribution in [0.2, 0.25) is 0 Å². The molecule has 5 heterocycles. The van der Waals surface area contributed by atoms with Crippen molar-refractivity contribution in [3.63, 3.8) is 0 Å². The summed E-state index contributed by atoms with van der Waals surface area (Å²) in [4.78, 5) is 25.1. The first-order valence-corrected chi connectivity index (χ1v) is 10.6. The molecule has 0 aromatic carbocycles. The molecule has 0 spiro atoms. The van der Waals surface area contributed by atoms with Crippen molar-refractivity contribution < 1.29 is 4.21 Å². The highest BCUT2D eigenvalue weighted by atomic mass is 32.2. The number of fused-ring (bicyclic) bond motifs is 1. The van der Waals surface area contributed by atoms with E-state index in [1.165, 1.54) is 0 Å². The Hall–Kier alpha value is -3.38. The van der Waals surface area contributed by atoms with Gasteiger partial charge in [0, 0.05) is 50.1 Å². The van der Waals surface area contributed by atoms with E-state index >= 15 is 0 Å². The van der Waals surface area contributed by atoms with Crippen molar-refractivity contribution in [3.8, 4) is 18.2 Å². The molecule has 0 saturated heterocycles. The molecule has 3 aromatic heterocycles. The van der Waals surface area contributed by atoms with Crippen molar-refractivity contribution in [2.75, 3.05) is 23.7 Å². The van der Waals surface area contributed by atoms with Gasteiger partial charge < -0.3 is 4.90 Å². The van der Waals surface area contributed by atoms with Crippen LogP contribution in [0.5, 0.6) is 0 Å². The minimum Gasteiger partial charge on any atom is -0.337 e. The standard InChI is InChI=1S/C20H17N7OS/c1-2-14-11-22-18(23-12-14)15-3-7-26(8-4-15)20-24-16-5-10-29(28)17(16)19(25-20)27-9-6-21-13-27/h1,3,6,9,11-13H,4-5,7-8,10H2/t29-/m1/s1. The third kappa shape index (κ3) is 3.21. The highest BCUT2D eigenvalue weighted by Gasteiger charge is 2.28. The maximum absolute atomic E-state index is 12.5. The van der Waals surface area contributed by atoms with E-state index in [1.807, 2.05) is 6.20 Å². The third-order valence-electron chi connectivity index (χ3n) is 5.00. The molecule has 8 nitrogen and oxygen atoms in total. The summed E-state index contributed by atoms with van der Waals surface area (Å²) in [6.07, 6.45) is 17.4. The average molecular weight is 403 g/mol. The first-order valence-electron chi connectivity index (χ1n) is 9.23. The van der Waals surface area contributed by atoms with Gasteiger partial charge in [-0.05, 0) is 12.0 Å². The molecule has 2 aliphatic heterocycles. The molecule has 0 bridgehead atoms. The van der Waals surface area contributed by atoms with E-state index in [0.29, 0.717) is 41.9 Å². The topological polar surface area (TPSA) is 89.7 Å². The van der Waals surface area contributed by atoms with Crippen molar-refractivity contribution in [2.45, 2.75) is 17.7 Å². The Morgan fingerprint density at radius 3 is 2.72 bits per heavy atom. The van der Waals surface area contributed by atoms with Gasteiger partial charge in [0.15, 0.2) is 11.6 Å². The highest BCUT2D eigenvalue weighted by Crippen LogP contribution is 2.30. The van der Waals surface area contributed by atoms with Crippen molar-refractivity contribution in [1.82, 2.24) is 29.5 Å². The smallest absolute Gasteiger partial charge is 0.227 e. The van der Waals surface area contributed by atoms with Crippen LogP contribution in [-0.4, -0.2) is 52.5 Å². The zero-order valence-electron chi connectivity index (χ0n) is 15.5. The summed E-state index contributed by atoms with van der Waals surface area (Å²) in [5, 5.41) is 0. The monoisotopic (exact) mass is 403 g/mol. The summed E-state index contributed by atoms with van der Waals surface area (Å²) in [6, 6.07) is 0. The molecular weight excluding hydrogens is 386 g/mol. The number of nitrogens with zero attached hydrogens (tertiary/aromatic N) is 7. The van der Waals surface area contributed by atoms with E-state index in [2.05, 4.69) is 31.8 Å². The lowest BCUT2D eigenvalue weighted by atomic mass is 10.1. The third-order valence-corrected chi connectivity index (χ3v) is 6.45. The largest absolute Gasteiger partial charge is 0.337 e. The van der Waals surface area contributed by atoms with Crippen LogP contribution in [0.25, 0.3) is 11.4 Å². The summed E-state index contributed by atoms with van der Waals surface area (Å²) < 4.78 is 14.3. The quantitative estimate of drug-likeness (QED) is 0.611. The molecule has 0 aliphatic carbocycles. The molecule has 0 radical (unpaired) electrons. The normalized spacial score (nSPS) is 18.2. The fourth-order valence-corrected chi connectivity index (χ4v) is 4.84. The summed E-state index contributed by atoms with van der Waals surface area (Å²) in [7, 11) is -1.08. The Labute approximate surface area is 170 Å². The second-order valence-corrected chi connectivity index (χ2v) is 8.27. The predicted molar refractivity (Wildman–Crippen MR) is 109 cm³/mol. The minimum atomic E-state index is -1.08. The number of rotatable bonds is 3. The molecule has 2 aliphatic rings. The number of terminal acetylenes is 1. The number of hydrogen-bond acceptors (Lipinski definition) is 7. The Morgan fingerprint density at radius 1 is 1.17 bits per heavy atom. The second-order valence-electron chi connectivity index (χ2n) is 6.76. The fraction of sp³-hybridized carbons (Fsp3) is 0.250. The SMILES string of the molecule is C#Cc1cnc(C2=CCN(c3nc4c(c(-n5ccnc5)n3)[S@](=O)CC4)CC2)nc1. The Morgan fingerprint density at radius 2 is 2.03 bits per heavy atom. The Kier molecular flexibility index (Phi) is 4.41. The van der Waals surface area contributed by atoms with E-state index in [4.69, 9.17) is 16.4 Å². The fourth-order valence-electron chi connectivity index (χ4n) is 3.49. The number of anilines is 1. The molecule has 0 N–H and O–H groups in total. The van der Waals surface area contributed by atoms with Gasteiger partial charge in [0.1, 0.15) is 11.2 Å². The lowest BCUT2D eigenvalue weighted by molar-refractivity contribution is 0.684. The summed E-state index contributed by atoms with van der Waals surface area (Å²) in [5.41, 5.74) is 2.62. The highest BCUT2D eigenvalue weighted by molar-refractivity contribution is 7.85. The molecule has 144 valence electrons. The molecule has 29 heavy (non-hydrogen) atoms. The molecule has 0 fully saturated rings. The summed E-state index contributed by atoms with van der Waals surface area (Å²) in [6.45, 7) is 1.40. The number of aromatic nitrogens is 6. The number of aryl methyl sites for hydroxylation is 1. The molecule has 3 aromatic rings. The van der Waals surface area contributed by atoms with E-state index < -0.39 is 10.8 Å². The van der Waals surface area contributed by atoms with Crippen LogP contribution in [-0.2, 0) is 17.2 Å². The van der Waals surface area contributed by atoms with Gasteiger partial charge in [0.05, 0.1) is 22.1 Å². The molecule has 0 unspecified atom stereocenters. The van der Waals surface area contributed by atoms with Gasteiger partial charge in [-0.1, -0.05) is 12.0 Å². The molecule has 0 amide bonds.